The molecule has 0 fully saturated rings. The van der Waals surface area contributed by atoms with Gasteiger partial charge in [0.05, 0.1) is 0 Å². The third kappa shape index (κ3) is 3.63. The summed E-state index contributed by atoms with van der Waals surface area (Å²) in [6, 6.07) is 8.20. The van der Waals surface area contributed by atoms with Crippen molar-refractivity contribution in [1.29, 1.82) is 0 Å². The largest absolute Gasteiger partial charge is 0.274 e. The molecule has 1 aliphatic heterocycles. The van der Waals surface area contributed by atoms with Crippen molar-refractivity contribution >= 4 is 34.4 Å². The first-order valence-corrected chi connectivity index (χ1v) is 10.3. The fourth-order valence-corrected chi connectivity index (χ4v) is 4.09. The molecule has 1 aromatic heterocycles. The Morgan fingerprint density at radius 2 is 1.64 bits per heavy atom. The zero-order valence-electron chi connectivity index (χ0n) is 17.2. The maximum absolute atomic E-state index is 12.5. The van der Waals surface area contributed by atoms with Gasteiger partial charge >= 0.3 is 0 Å². The van der Waals surface area contributed by atoms with Crippen molar-refractivity contribution in [2.75, 3.05) is 5.01 Å². The van der Waals surface area contributed by atoms with Gasteiger partial charge in [0.1, 0.15) is 15.9 Å². The lowest BCUT2D eigenvalue weighted by molar-refractivity contribution is -0.118. The van der Waals surface area contributed by atoms with E-state index in [4.69, 9.17) is 0 Å². The van der Waals surface area contributed by atoms with E-state index in [9.17, 15) is 9.59 Å². The Labute approximate surface area is 170 Å². The van der Waals surface area contributed by atoms with Crippen molar-refractivity contribution < 1.29 is 9.59 Å². The number of hydrogen-bond donors (Lipinski definition) is 0. The monoisotopic (exact) mass is 398 g/mol. The van der Waals surface area contributed by atoms with Gasteiger partial charge in [-0.15, -0.1) is 0 Å². The van der Waals surface area contributed by atoms with Crippen molar-refractivity contribution in [2.24, 2.45) is 5.10 Å². The summed E-state index contributed by atoms with van der Waals surface area (Å²) in [7, 11) is 0. The Bertz CT molecular complexity index is 952. The molecular formula is C21H26N4O2S. The van der Waals surface area contributed by atoms with Crippen molar-refractivity contribution in [2.45, 2.75) is 64.8 Å². The third-order valence-electron chi connectivity index (χ3n) is 4.66. The van der Waals surface area contributed by atoms with Gasteiger partial charge < -0.3 is 0 Å². The van der Waals surface area contributed by atoms with Crippen LogP contribution in [-0.2, 0) is 10.2 Å². The normalized spacial score (nSPS) is 13.9. The zero-order valence-corrected chi connectivity index (χ0v) is 18.1. The van der Waals surface area contributed by atoms with E-state index in [0.717, 1.165) is 5.56 Å². The van der Waals surface area contributed by atoms with Gasteiger partial charge in [-0.1, -0.05) is 58.9 Å². The van der Waals surface area contributed by atoms with Crippen molar-refractivity contribution in [3.63, 3.8) is 0 Å². The van der Waals surface area contributed by atoms with Gasteiger partial charge in [-0.3, -0.25) is 14.2 Å². The number of hydrogen-bond acceptors (Lipinski definition) is 5. The van der Waals surface area contributed by atoms with E-state index in [2.05, 4.69) is 43.0 Å². The van der Waals surface area contributed by atoms with Crippen LogP contribution in [0.3, 0.4) is 0 Å². The number of fused-ring (bicyclic) bond motifs is 1. The summed E-state index contributed by atoms with van der Waals surface area (Å²) in [4.78, 5) is 29.5. The molecule has 2 aromatic rings. The minimum Gasteiger partial charge on any atom is -0.274 e. The van der Waals surface area contributed by atoms with Gasteiger partial charge in [-0.05, 0) is 29.7 Å². The molecule has 3 rings (SSSR count). The number of benzene rings is 1. The van der Waals surface area contributed by atoms with E-state index in [1.54, 1.807) is 18.4 Å². The first-order chi connectivity index (χ1) is 13.2. The maximum atomic E-state index is 12.5. The first kappa shape index (κ1) is 20.3. The molecule has 0 unspecified atom stereocenters. The average Bonchev–Trinajstić information content (AvgIpc) is 3.01. The highest BCUT2D eigenvalue weighted by molar-refractivity contribution is 8.14. The number of aromatic nitrogens is 2. The van der Waals surface area contributed by atoms with E-state index in [1.807, 2.05) is 19.1 Å². The quantitative estimate of drug-likeness (QED) is 0.748. The highest BCUT2D eigenvalue weighted by Crippen LogP contribution is 2.39. The second-order valence-electron chi connectivity index (χ2n) is 7.76. The smallest absolute Gasteiger partial charge is 0.248 e. The number of rotatable bonds is 3. The van der Waals surface area contributed by atoms with Crippen LogP contribution < -0.4 is 5.01 Å². The number of hydrazone groups is 1. The molecule has 1 aromatic carbocycles. The molecule has 148 valence electrons. The van der Waals surface area contributed by atoms with E-state index >= 15 is 0 Å². The summed E-state index contributed by atoms with van der Waals surface area (Å²) in [5.41, 5.74) is 2.19. The van der Waals surface area contributed by atoms with Gasteiger partial charge in [-0.2, -0.15) is 10.1 Å². The Kier molecular flexibility index (Phi) is 5.48. The van der Waals surface area contributed by atoms with Crippen LogP contribution in [0.25, 0.3) is 0 Å². The molecule has 1 aliphatic rings. The molecule has 0 saturated carbocycles. The molecule has 0 spiro atoms. The lowest BCUT2D eigenvalue weighted by Gasteiger charge is -2.23. The Morgan fingerprint density at radius 3 is 2.18 bits per heavy atom. The number of nitrogens with zero attached hydrogens (tertiary/aromatic N) is 4. The van der Waals surface area contributed by atoms with Gasteiger partial charge in [0.2, 0.25) is 11.8 Å². The van der Waals surface area contributed by atoms with E-state index in [-0.39, 0.29) is 17.2 Å². The molecule has 28 heavy (non-hydrogen) atoms. The van der Waals surface area contributed by atoms with E-state index < -0.39 is 0 Å². The SMILES string of the molecule is CCC(=O)N1N=C(c2ccc(C(C)(C)C)cc2)Sc2c1nc(C)n2C(=O)CC. The lowest BCUT2D eigenvalue weighted by Crippen LogP contribution is -2.29. The van der Waals surface area contributed by atoms with E-state index in [1.165, 1.54) is 22.3 Å². The average molecular weight is 399 g/mol. The summed E-state index contributed by atoms with van der Waals surface area (Å²) in [5, 5.41) is 7.24. The third-order valence-corrected chi connectivity index (χ3v) is 5.73. The molecule has 1 amide bonds. The fraction of sp³-hybridized carbons (Fsp3) is 0.429. The molecule has 0 atom stereocenters. The molecule has 2 heterocycles. The van der Waals surface area contributed by atoms with Crippen LogP contribution in [0.1, 0.15) is 69.2 Å². The molecule has 0 aliphatic carbocycles. The molecule has 7 heteroatoms. The van der Waals surface area contributed by atoms with Gasteiger partial charge in [0.15, 0.2) is 5.82 Å². The maximum Gasteiger partial charge on any atom is 0.248 e. The molecule has 0 N–H and O–H groups in total. The summed E-state index contributed by atoms with van der Waals surface area (Å²) in [6.45, 7) is 11.9. The van der Waals surface area contributed by atoms with Crippen LogP contribution in [0.2, 0.25) is 0 Å². The predicted molar refractivity (Wildman–Crippen MR) is 113 cm³/mol. The topological polar surface area (TPSA) is 67.6 Å². The molecule has 0 bridgehead atoms. The number of carbonyl (C=O) groups excluding carboxylic acids is 2. The summed E-state index contributed by atoms with van der Waals surface area (Å²) in [6.07, 6.45) is 0.663. The standard InChI is InChI=1S/C21H26N4O2S/c1-7-16(26)24-13(3)22-18-20(24)28-19(23-25(18)17(27)8-2)14-9-11-15(12-10-14)21(4,5)6/h9-12H,7-8H2,1-6H3. The number of imidazole rings is 1. The second-order valence-corrected chi connectivity index (χ2v) is 8.74. The summed E-state index contributed by atoms with van der Waals surface area (Å²) < 4.78 is 1.59. The number of amides is 1. The number of carbonyl (C=O) groups is 2. The van der Waals surface area contributed by atoms with Gasteiger partial charge in [-0.25, -0.2) is 4.98 Å². The van der Waals surface area contributed by atoms with Crippen LogP contribution in [0.4, 0.5) is 5.82 Å². The molecule has 0 radical (unpaired) electrons. The van der Waals surface area contributed by atoms with Gasteiger partial charge in [0, 0.05) is 18.4 Å². The number of aryl methyl sites for hydroxylation is 1. The second kappa shape index (κ2) is 7.54. The fourth-order valence-electron chi connectivity index (χ4n) is 2.98. The number of thioether (sulfide) groups is 1. The van der Waals surface area contributed by atoms with Crippen LogP contribution >= 0.6 is 11.8 Å². The van der Waals surface area contributed by atoms with Crippen LogP contribution in [0, 0.1) is 6.92 Å². The first-order valence-electron chi connectivity index (χ1n) is 9.50. The lowest BCUT2D eigenvalue weighted by atomic mass is 9.87. The highest BCUT2D eigenvalue weighted by Gasteiger charge is 2.32. The van der Waals surface area contributed by atoms with Crippen molar-refractivity contribution in [1.82, 2.24) is 9.55 Å². The van der Waals surface area contributed by atoms with Crippen LogP contribution in [0.15, 0.2) is 34.4 Å². The van der Waals surface area contributed by atoms with E-state index in [0.29, 0.717) is 34.6 Å². The Balaban J connectivity index is 2.09. The Hall–Kier alpha value is -2.41. The minimum atomic E-state index is -0.154. The zero-order chi connectivity index (χ0) is 20.6. The minimum absolute atomic E-state index is 0.0491. The Morgan fingerprint density at radius 1 is 1.04 bits per heavy atom. The molecule has 6 nitrogen and oxygen atoms in total. The van der Waals surface area contributed by atoms with Crippen LogP contribution in [-0.4, -0.2) is 26.4 Å². The predicted octanol–water partition coefficient (Wildman–Crippen LogP) is 4.75. The van der Waals surface area contributed by atoms with Crippen molar-refractivity contribution in [3.05, 3.63) is 41.2 Å². The molecular weight excluding hydrogens is 372 g/mol. The van der Waals surface area contributed by atoms with Crippen molar-refractivity contribution in [3.8, 4) is 0 Å². The van der Waals surface area contributed by atoms with Crippen LogP contribution in [0.5, 0.6) is 0 Å². The summed E-state index contributed by atoms with van der Waals surface area (Å²) in [5.74, 6) is 0.801. The highest BCUT2D eigenvalue weighted by atomic mass is 32.2. The summed E-state index contributed by atoms with van der Waals surface area (Å²) >= 11 is 1.38. The number of anilines is 1. The van der Waals surface area contributed by atoms with Gasteiger partial charge in [0.25, 0.3) is 0 Å². The molecule has 0 saturated heterocycles.